The molecule has 1 rings (SSSR count). The van der Waals surface area contributed by atoms with E-state index in [1.165, 1.54) is 0 Å². The molecule has 0 heterocycles. The van der Waals surface area contributed by atoms with E-state index in [2.05, 4.69) is 11.8 Å². The number of hydrogen-bond donors (Lipinski definition) is 0. The highest BCUT2D eigenvalue weighted by Gasteiger charge is 2.23. The van der Waals surface area contributed by atoms with Crippen molar-refractivity contribution >= 4 is 11.8 Å². The Kier molecular flexibility index (Phi) is 6.02. The van der Waals surface area contributed by atoms with E-state index < -0.39 is 0 Å². The van der Waals surface area contributed by atoms with Gasteiger partial charge in [0.25, 0.3) is 0 Å². The second-order valence-electron chi connectivity index (χ2n) is 5.36. The van der Waals surface area contributed by atoms with E-state index in [-0.39, 0.29) is 12.1 Å². The Balaban J connectivity index is 3.13. The number of carbonyl (C=O) groups is 1. The van der Waals surface area contributed by atoms with Crippen molar-refractivity contribution in [3.8, 4) is 0 Å². The molecule has 0 aromatic heterocycles. The molecule has 1 aromatic carbocycles. The summed E-state index contributed by atoms with van der Waals surface area (Å²) < 4.78 is 5.22. The minimum absolute atomic E-state index is 0.249. The number of ether oxygens (including phenoxy) is 1. The van der Waals surface area contributed by atoms with Gasteiger partial charge in [-0.15, -0.1) is 0 Å². The molecule has 1 atom stereocenters. The van der Waals surface area contributed by atoms with Crippen molar-refractivity contribution < 1.29 is 9.53 Å². The smallest absolute Gasteiger partial charge is 0.414 e. The van der Waals surface area contributed by atoms with Crippen LogP contribution in [0.2, 0.25) is 0 Å². The largest absolute Gasteiger partial charge is 0.449 e. The second-order valence-corrected chi connectivity index (χ2v) is 5.36. The van der Waals surface area contributed by atoms with Crippen molar-refractivity contribution in [3.05, 3.63) is 29.3 Å². The zero-order valence-corrected chi connectivity index (χ0v) is 13.4. The van der Waals surface area contributed by atoms with E-state index in [4.69, 9.17) is 4.74 Å². The molecule has 20 heavy (non-hydrogen) atoms. The quantitative estimate of drug-likeness (QED) is 0.829. The zero-order chi connectivity index (χ0) is 15.3. The van der Waals surface area contributed by atoms with E-state index >= 15 is 0 Å². The Morgan fingerprint density at radius 1 is 1.25 bits per heavy atom. The molecular weight excluding hydrogens is 252 g/mol. The highest BCUT2D eigenvalue weighted by molar-refractivity contribution is 5.89. The minimum Gasteiger partial charge on any atom is -0.449 e. The lowest BCUT2D eigenvalue weighted by molar-refractivity contribution is 0.157. The number of aryl methyl sites for hydroxylation is 2. The molecule has 0 bridgehead atoms. The molecule has 4 heteroatoms. The molecule has 0 fully saturated rings. The van der Waals surface area contributed by atoms with Gasteiger partial charge in [-0.25, -0.2) is 4.79 Å². The number of anilines is 1. The second kappa shape index (κ2) is 7.29. The molecule has 0 aliphatic heterocycles. The van der Waals surface area contributed by atoms with Crippen LogP contribution in [0.25, 0.3) is 0 Å². The van der Waals surface area contributed by atoms with Crippen molar-refractivity contribution in [1.29, 1.82) is 0 Å². The van der Waals surface area contributed by atoms with E-state index in [0.29, 0.717) is 13.2 Å². The van der Waals surface area contributed by atoms with Gasteiger partial charge in [0.2, 0.25) is 0 Å². The highest BCUT2D eigenvalue weighted by atomic mass is 16.6. The maximum atomic E-state index is 12.3. The average Bonchev–Trinajstić information content (AvgIpc) is 2.37. The lowest BCUT2D eigenvalue weighted by Gasteiger charge is -2.30. The molecule has 0 saturated carbocycles. The Bertz CT molecular complexity index is 438. The van der Waals surface area contributed by atoms with Gasteiger partial charge in [0.05, 0.1) is 12.3 Å². The maximum Gasteiger partial charge on any atom is 0.414 e. The van der Waals surface area contributed by atoms with Gasteiger partial charge in [0.1, 0.15) is 0 Å². The number of carbonyl (C=O) groups excluding carboxylic acids is 1. The summed E-state index contributed by atoms with van der Waals surface area (Å²) in [6, 6.07) is 6.30. The van der Waals surface area contributed by atoms with Gasteiger partial charge in [0, 0.05) is 12.6 Å². The summed E-state index contributed by atoms with van der Waals surface area (Å²) in [6.07, 6.45) is -0.279. The molecule has 0 aliphatic carbocycles. The van der Waals surface area contributed by atoms with Crippen LogP contribution in [0.3, 0.4) is 0 Å². The number of nitrogens with zero attached hydrogens (tertiary/aromatic N) is 2. The van der Waals surface area contributed by atoms with Gasteiger partial charge >= 0.3 is 6.09 Å². The first-order valence-electron chi connectivity index (χ1n) is 7.05. The molecule has 4 nitrogen and oxygen atoms in total. The third kappa shape index (κ3) is 3.97. The van der Waals surface area contributed by atoms with Gasteiger partial charge < -0.3 is 9.64 Å². The maximum absolute atomic E-state index is 12.3. The fourth-order valence-corrected chi connectivity index (χ4v) is 2.12. The number of para-hydroxylation sites is 1. The lowest BCUT2D eigenvalue weighted by atomic mass is 10.1. The SMILES string of the molecule is CCOC(=O)N(CC(C)N(C)C)c1c(C)cccc1C. The van der Waals surface area contributed by atoms with Crippen LogP contribution in [0.15, 0.2) is 18.2 Å². The summed E-state index contributed by atoms with van der Waals surface area (Å²) in [6.45, 7) is 8.97. The van der Waals surface area contributed by atoms with Gasteiger partial charge in [-0.3, -0.25) is 4.90 Å². The first kappa shape index (κ1) is 16.5. The van der Waals surface area contributed by atoms with Crippen molar-refractivity contribution in [2.45, 2.75) is 33.7 Å². The number of hydrogen-bond acceptors (Lipinski definition) is 3. The van der Waals surface area contributed by atoms with Gasteiger partial charge in [-0.05, 0) is 52.9 Å². The van der Waals surface area contributed by atoms with E-state index in [1.807, 2.05) is 53.1 Å². The van der Waals surface area contributed by atoms with Crippen LogP contribution in [0.5, 0.6) is 0 Å². The molecule has 0 spiro atoms. The fourth-order valence-electron chi connectivity index (χ4n) is 2.12. The number of benzene rings is 1. The molecule has 1 amide bonds. The van der Waals surface area contributed by atoms with E-state index in [0.717, 1.165) is 16.8 Å². The third-order valence-corrected chi connectivity index (χ3v) is 3.53. The lowest BCUT2D eigenvalue weighted by Crippen LogP contribution is -2.42. The zero-order valence-electron chi connectivity index (χ0n) is 13.4. The average molecular weight is 278 g/mol. The van der Waals surface area contributed by atoms with Gasteiger partial charge in [-0.1, -0.05) is 18.2 Å². The Morgan fingerprint density at radius 3 is 2.25 bits per heavy atom. The molecule has 0 N–H and O–H groups in total. The molecular formula is C16H26N2O2. The molecule has 0 aliphatic rings. The first-order chi connectivity index (χ1) is 9.38. The standard InChI is InChI=1S/C16H26N2O2/c1-7-20-16(19)18(11-14(4)17(5)6)15-12(2)9-8-10-13(15)3/h8-10,14H,7,11H2,1-6H3. The number of likely N-dealkylation sites (N-methyl/N-ethyl adjacent to an activating group) is 1. The van der Waals surface area contributed by atoms with Gasteiger partial charge in [0.15, 0.2) is 0 Å². The monoisotopic (exact) mass is 278 g/mol. The minimum atomic E-state index is -0.279. The predicted octanol–water partition coefficient (Wildman–Crippen LogP) is 3.22. The summed E-state index contributed by atoms with van der Waals surface area (Å²) in [5.74, 6) is 0. The van der Waals surface area contributed by atoms with E-state index in [1.54, 1.807) is 4.90 Å². The van der Waals surface area contributed by atoms with Crippen LogP contribution in [-0.4, -0.2) is 44.3 Å². The van der Waals surface area contributed by atoms with Crippen molar-refractivity contribution in [3.63, 3.8) is 0 Å². The Labute approximate surface area is 122 Å². The van der Waals surface area contributed by atoms with E-state index in [9.17, 15) is 4.79 Å². The first-order valence-corrected chi connectivity index (χ1v) is 7.05. The number of amides is 1. The van der Waals surface area contributed by atoms with Crippen LogP contribution in [0.4, 0.5) is 10.5 Å². The Morgan fingerprint density at radius 2 is 1.80 bits per heavy atom. The summed E-state index contributed by atoms with van der Waals surface area (Å²) >= 11 is 0. The molecule has 1 aromatic rings. The molecule has 112 valence electrons. The van der Waals surface area contributed by atoms with Crippen LogP contribution in [0.1, 0.15) is 25.0 Å². The summed E-state index contributed by atoms with van der Waals surface area (Å²) in [5.41, 5.74) is 3.13. The van der Waals surface area contributed by atoms with Crippen molar-refractivity contribution in [1.82, 2.24) is 4.90 Å². The normalized spacial score (nSPS) is 12.3. The van der Waals surface area contributed by atoms with Crippen molar-refractivity contribution in [2.75, 3.05) is 32.1 Å². The molecule has 0 radical (unpaired) electrons. The van der Waals surface area contributed by atoms with Crippen LogP contribution in [-0.2, 0) is 4.74 Å². The third-order valence-electron chi connectivity index (χ3n) is 3.53. The number of rotatable bonds is 5. The summed E-state index contributed by atoms with van der Waals surface area (Å²) in [5, 5.41) is 0. The Hall–Kier alpha value is -1.55. The van der Waals surface area contributed by atoms with Gasteiger partial charge in [-0.2, -0.15) is 0 Å². The van der Waals surface area contributed by atoms with Crippen molar-refractivity contribution in [2.24, 2.45) is 0 Å². The fraction of sp³-hybridized carbons (Fsp3) is 0.562. The summed E-state index contributed by atoms with van der Waals surface area (Å²) in [7, 11) is 4.03. The topological polar surface area (TPSA) is 32.8 Å². The summed E-state index contributed by atoms with van der Waals surface area (Å²) in [4.78, 5) is 16.1. The molecule has 0 saturated heterocycles. The predicted molar refractivity (Wildman–Crippen MR) is 83.4 cm³/mol. The molecule has 1 unspecified atom stereocenters. The van der Waals surface area contributed by atoms with Crippen LogP contribution < -0.4 is 4.90 Å². The highest BCUT2D eigenvalue weighted by Crippen LogP contribution is 2.25. The van der Waals surface area contributed by atoms with Crippen LogP contribution in [0, 0.1) is 13.8 Å². The van der Waals surface area contributed by atoms with Crippen LogP contribution >= 0.6 is 0 Å².